The van der Waals surface area contributed by atoms with Gasteiger partial charge in [-0.3, -0.25) is 4.79 Å². The van der Waals surface area contributed by atoms with E-state index in [-0.39, 0.29) is 30.6 Å². The van der Waals surface area contributed by atoms with Crippen molar-refractivity contribution >= 4 is 17.6 Å². The highest BCUT2D eigenvalue weighted by Crippen LogP contribution is 2.35. The van der Waals surface area contributed by atoms with Crippen molar-refractivity contribution in [1.82, 2.24) is 20.4 Å². The van der Waals surface area contributed by atoms with Crippen LogP contribution in [0.25, 0.3) is 0 Å². The molecule has 1 aromatic heterocycles. The molecule has 3 heterocycles. The van der Waals surface area contributed by atoms with Gasteiger partial charge >= 0.3 is 12.2 Å². The molecule has 3 amide bonds. The number of anilines is 1. The summed E-state index contributed by atoms with van der Waals surface area (Å²) in [4.78, 5) is 29.8. The van der Waals surface area contributed by atoms with Crippen LogP contribution in [0, 0.1) is 0 Å². The van der Waals surface area contributed by atoms with Crippen LogP contribution < -0.4 is 10.6 Å². The fraction of sp³-hybridized carbons (Fsp3) is 0.444. The highest BCUT2D eigenvalue weighted by Gasteiger charge is 2.38. The number of carbonyl (C=O) groups excluding carboxylic acids is 2. The maximum Gasteiger partial charge on any atom is 0.418 e. The van der Waals surface area contributed by atoms with Crippen LogP contribution in [0.5, 0.6) is 0 Å². The number of alkyl halides is 3. The second kappa shape index (κ2) is 7.37. The van der Waals surface area contributed by atoms with Gasteiger partial charge < -0.3 is 20.1 Å². The Labute approximate surface area is 163 Å². The third-order valence-electron chi connectivity index (χ3n) is 5.05. The van der Waals surface area contributed by atoms with Gasteiger partial charge in [-0.2, -0.15) is 18.2 Å². The molecule has 2 fully saturated rings. The standard InChI is InChI=1S/C18H18F3N5O3/c19-18(20,21)12-5-1-2-6-13(12)23-17(28)26-8-10(9-26)16-24-14(25-29-16)11-4-3-7-22-15(11)27/h1-2,5-6,10-11H,3-4,7-9H2,(H,22,27)(H,23,28). The number of amides is 3. The van der Waals surface area contributed by atoms with Crippen LogP contribution in [-0.4, -0.2) is 46.6 Å². The molecule has 1 aromatic carbocycles. The lowest BCUT2D eigenvalue weighted by molar-refractivity contribution is -0.137. The maximum absolute atomic E-state index is 13.0. The molecular weight excluding hydrogens is 391 g/mol. The maximum atomic E-state index is 13.0. The van der Waals surface area contributed by atoms with Gasteiger partial charge in [-0.15, -0.1) is 0 Å². The minimum absolute atomic E-state index is 0.137. The number of aromatic nitrogens is 2. The Morgan fingerprint density at radius 2 is 2.03 bits per heavy atom. The van der Waals surface area contributed by atoms with Crippen molar-refractivity contribution in [2.24, 2.45) is 0 Å². The Kier molecular flexibility index (Phi) is 4.89. The Morgan fingerprint density at radius 3 is 2.76 bits per heavy atom. The van der Waals surface area contributed by atoms with Gasteiger partial charge in [0.2, 0.25) is 11.8 Å². The first-order valence-corrected chi connectivity index (χ1v) is 9.16. The SMILES string of the molecule is O=C1NCCCC1c1noc(C2CN(C(=O)Nc3ccccc3C(F)(F)F)C2)n1. The lowest BCUT2D eigenvalue weighted by atomic mass is 9.97. The highest BCUT2D eigenvalue weighted by molar-refractivity contribution is 5.91. The summed E-state index contributed by atoms with van der Waals surface area (Å²) < 4.78 is 44.4. The zero-order valence-corrected chi connectivity index (χ0v) is 15.2. The number of para-hydroxylation sites is 1. The number of benzene rings is 1. The molecular formula is C18H18F3N5O3. The van der Waals surface area contributed by atoms with E-state index in [4.69, 9.17) is 4.52 Å². The number of rotatable bonds is 3. The minimum atomic E-state index is -4.56. The third kappa shape index (κ3) is 3.89. The van der Waals surface area contributed by atoms with E-state index in [1.54, 1.807) is 0 Å². The van der Waals surface area contributed by atoms with Gasteiger partial charge in [-0.25, -0.2) is 4.79 Å². The van der Waals surface area contributed by atoms with Crippen LogP contribution in [0.4, 0.5) is 23.7 Å². The molecule has 2 saturated heterocycles. The molecule has 0 aliphatic carbocycles. The van der Waals surface area contributed by atoms with Crippen molar-refractivity contribution in [3.63, 3.8) is 0 Å². The molecule has 0 radical (unpaired) electrons. The van der Waals surface area contributed by atoms with Crippen LogP contribution >= 0.6 is 0 Å². The zero-order valence-electron chi connectivity index (χ0n) is 15.2. The van der Waals surface area contributed by atoms with E-state index in [2.05, 4.69) is 20.8 Å². The quantitative estimate of drug-likeness (QED) is 0.812. The molecule has 2 N–H and O–H groups in total. The molecule has 0 spiro atoms. The molecule has 0 saturated carbocycles. The number of urea groups is 1. The van der Waals surface area contributed by atoms with E-state index >= 15 is 0 Å². The Bertz CT molecular complexity index is 923. The lowest BCUT2D eigenvalue weighted by Crippen LogP contribution is -2.50. The molecule has 29 heavy (non-hydrogen) atoms. The number of hydrogen-bond acceptors (Lipinski definition) is 5. The summed E-state index contributed by atoms with van der Waals surface area (Å²) in [5.41, 5.74) is -1.20. The van der Waals surface area contributed by atoms with Crippen LogP contribution in [0.3, 0.4) is 0 Å². The Morgan fingerprint density at radius 1 is 1.28 bits per heavy atom. The summed E-state index contributed by atoms with van der Waals surface area (Å²) in [5.74, 6) is -0.162. The minimum Gasteiger partial charge on any atom is -0.355 e. The van der Waals surface area contributed by atoms with Crippen LogP contribution in [0.1, 0.15) is 42.0 Å². The molecule has 8 nitrogen and oxygen atoms in total. The predicted octanol–water partition coefficient (Wildman–Crippen LogP) is 2.71. The van der Waals surface area contributed by atoms with Crippen molar-refractivity contribution in [3.05, 3.63) is 41.5 Å². The fourth-order valence-electron chi connectivity index (χ4n) is 3.41. The molecule has 1 atom stereocenters. The largest absolute Gasteiger partial charge is 0.418 e. The predicted molar refractivity (Wildman–Crippen MR) is 94.1 cm³/mol. The number of nitrogens with one attached hydrogen (secondary N) is 2. The molecule has 11 heteroatoms. The summed E-state index contributed by atoms with van der Waals surface area (Å²) in [6.45, 7) is 1.10. The van der Waals surface area contributed by atoms with Crippen molar-refractivity contribution in [2.75, 3.05) is 25.0 Å². The summed E-state index contributed by atoms with van der Waals surface area (Å²) in [7, 11) is 0. The monoisotopic (exact) mass is 409 g/mol. The van der Waals surface area contributed by atoms with E-state index in [1.807, 2.05) is 0 Å². The van der Waals surface area contributed by atoms with Crippen molar-refractivity contribution in [2.45, 2.75) is 30.9 Å². The van der Waals surface area contributed by atoms with Gasteiger partial charge in [0.05, 0.1) is 17.2 Å². The molecule has 1 unspecified atom stereocenters. The van der Waals surface area contributed by atoms with Gasteiger partial charge in [0.1, 0.15) is 5.92 Å². The van der Waals surface area contributed by atoms with E-state index in [9.17, 15) is 22.8 Å². The van der Waals surface area contributed by atoms with E-state index in [0.717, 1.165) is 12.5 Å². The highest BCUT2D eigenvalue weighted by atomic mass is 19.4. The van der Waals surface area contributed by atoms with Crippen molar-refractivity contribution in [3.8, 4) is 0 Å². The van der Waals surface area contributed by atoms with Crippen molar-refractivity contribution in [1.29, 1.82) is 0 Å². The molecule has 2 aliphatic heterocycles. The van der Waals surface area contributed by atoms with E-state index in [1.165, 1.54) is 23.1 Å². The van der Waals surface area contributed by atoms with E-state index < -0.39 is 23.7 Å². The average Bonchev–Trinajstić information content (AvgIpc) is 3.09. The molecule has 154 valence electrons. The zero-order chi connectivity index (χ0) is 20.6. The van der Waals surface area contributed by atoms with Gasteiger partial charge in [0, 0.05) is 19.6 Å². The lowest BCUT2D eigenvalue weighted by Gasteiger charge is -2.37. The number of hydrogen-bond donors (Lipinski definition) is 2. The van der Waals surface area contributed by atoms with Gasteiger partial charge in [0.25, 0.3) is 0 Å². The van der Waals surface area contributed by atoms with Gasteiger partial charge in [-0.05, 0) is 25.0 Å². The molecule has 4 rings (SSSR count). The number of likely N-dealkylation sites (tertiary alicyclic amines) is 1. The molecule has 2 aliphatic rings. The Balaban J connectivity index is 1.36. The second-order valence-electron chi connectivity index (χ2n) is 7.05. The van der Waals surface area contributed by atoms with Crippen LogP contribution in [0.2, 0.25) is 0 Å². The first-order valence-electron chi connectivity index (χ1n) is 9.16. The number of halogens is 3. The topological polar surface area (TPSA) is 100 Å². The number of piperidine rings is 1. The first-order chi connectivity index (χ1) is 13.8. The fourth-order valence-corrected chi connectivity index (χ4v) is 3.41. The van der Waals surface area contributed by atoms with Gasteiger partial charge in [-0.1, -0.05) is 17.3 Å². The smallest absolute Gasteiger partial charge is 0.355 e. The van der Waals surface area contributed by atoms with Gasteiger partial charge in [0.15, 0.2) is 5.82 Å². The van der Waals surface area contributed by atoms with Crippen molar-refractivity contribution < 1.29 is 27.3 Å². The van der Waals surface area contributed by atoms with E-state index in [0.29, 0.717) is 24.7 Å². The average molecular weight is 409 g/mol. The summed E-state index contributed by atoms with van der Waals surface area (Å²) >= 11 is 0. The summed E-state index contributed by atoms with van der Waals surface area (Å²) in [6, 6.07) is 4.17. The number of carbonyl (C=O) groups is 2. The Hall–Kier alpha value is -3.11. The first kappa shape index (κ1) is 19.2. The normalized spacial score (nSPS) is 20.2. The third-order valence-corrected chi connectivity index (χ3v) is 5.05. The summed E-state index contributed by atoms with van der Waals surface area (Å²) in [6.07, 6.45) is -3.09. The number of nitrogens with zero attached hydrogens (tertiary/aromatic N) is 3. The van der Waals surface area contributed by atoms with Crippen LogP contribution in [0.15, 0.2) is 28.8 Å². The molecule has 0 bridgehead atoms. The second-order valence-corrected chi connectivity index (χ2v) is 7.05. The van der Waals surface area contributed by atoms with Crippen LogP contribution in [-0.2, 0) is 11.0 Å². The molecule has 2 aromatic rings. The summed E-state index contributed by atoms with van der Waals surface area (Å²) in [5, 5.41) is 8.94.